The first-order valence-corrected chi connectivity index (χ1v) is 7.68. The van der Waals surface area contributed by atoms with Crippen molar-refractivity contribution in [3.8, 4) is 0 Å². The summed E-state index contributed by atoms with van der Waals surface area (Å²) in [5.41, 5.74) is -0.871. The molecule has 1 saturated carbocycles. The van der Waals surface area contributed by atoms with Gasteiger partial charge in [-0.3, -0.25) is 0 Å². The first-order chi connectivity index (χ1) is 11.6. The van der Waals surface area contributed by atoms with E-state index < -0.39 is 30.5 Å². The van der Waals surface area contributed by atoms with E-state index in [1.807, 2.05) is 0 Å². The third kappa shape index (κ3) is 5.81. The van der Waals surface area contributed by atoms with E-state index in [0.29, 0.717) is 12.8 Å². The molecule has 3 nitrogen and oxygen atoms in total. The molecule has 2 atom stereocenters. The number of pyridine rings is 1. The van der Waals surface area contributed by atoms with Crippen molar-refractivity contribution in [3.05, 3.63) is 29.6 Å². The van der Waals surface area contributed by atoms with Gasteiger partial charge in [0.2, 0.25) is 0 Å². The summed E-state index contributed by atoms with van der Waals surface area (Å²) in [5, 5.41) is 2.92. The number of hydrogen-bond donors (Lipinski definition) is 1. The van der Waals surface area contributed by atoms with Gasteiger partial charge in [0.15, 0.2) is 0 Å². The smallest absolute Gasteiger partial charge is 0.313 e. The molecule has 142 valence electrons. The summed E-state index contributed by atoms with van der Waals surface area (Å²) in [7, 11) is 0. The number of aromatic nitrogens is 1. The molecule has 1 heterocycles. The molecule has 25 heavy (non-hydrogen) atoms. The van der Waals surface area contributed by atoms with Gasteiger partial charge in [0, 0.05) is 12.6 Å². The molecule has 1 aromatic rings. The van der Waals surface area contributed by atoms with E-state index in [4.69, 9.17) is 0 Å². The lowest BCUT2D eigenvalue weighted by atomic mass is 9.92. The molecule has 1 aliphatic carbocycles. The average Bonchev–Trinajstić information content (AvgIpc) is 2.52. The lowest BCUT2D eigenvalue weighted by Gasteiger charge is -2.32. The Hall–Kier alpha value is -1.42. The third-order valence-corrected chi connectivity index (χ3v) is 3.87. The van der Waals surface area contributed by atoms with Crippen molar-refractivity contribution in [2.75, 3.05) is 0 Å². The van der Waals surface area contributed by atoms with Crippen LogP contribution in [0.5, 0.6) is 0 Å². The summed E-state index contributed by atoms with van der Waals surface area (Å²) >= 11 is 0. The van der Waals surface area contributed by atoms with Crippen LogP contribution in [0.4, 0.5) is 30.7 Å². The first kappa shape index (κ1) is 19.9. The standard InChI is InChI=1S/C15H17F7N2O/c16-13(17)15(21,22)25-11-5-1-3-9(7-11)23-8-10-4-2-6-12(24-10)14(18,19)20/h2,4,6,9,11,13,23H,1,3,5,7-8H2. The molecule has 10 heteroatoms. The number of halogens is 7. The first-order valence-electron chi connectivity index (χ1n) is 7.68. The van der Waals surface area contributed by atoms with Gasteiger partial charge < -0.3 is 10.1 Å². The zero-order valence-electron chi connectivity index (χ0n) is 13.0. The fourth-order valence-electron chi connectivity index (χ4n) is 2.70. The van der Waals surface area contributed by atoms with Gasteiger partial charge in [-0.05, 0) is 37.8 Å². The van der Waals surface area contributed by atoms with Gasteiger partial charge in [0.25, 0.3) is 0 Å². The lowest BCUT2D eigenvalue weighted by Crippen LogP contribution is -2.41. The van der Waals surface area contributed by atoms with Gasteiger partial charge >= 0.3 is 18.7 Å². The molecule has 0 saturated heterocycles. The predicted octanol–water partition coefficient (Wildman–Crippen LogP) is 4.38. The van der Waals surface area contributed by atoms with Crippen LogP contribution in [0.2, 0.25) is 0 Å². The molecule has 1 fully saturated rings. The predicted molar refractivity (Wildman–Crippen MR) is 74.2 cm³/mol. The maximum Gasteiger partial charge on any atom is 0.433 e. The Morgan fingerprint density at radius 1 is 1.16 bits per heavy atom. The maximum atomic E-state index is 13.0. The fourth-order valence-corrected chi connectivity index (χ4v) is 2.70. The van der Waals surface area contributed by atoms with Crippen molar-refractivity contribution in [1.29, 1.82) is 0 Å². The van der Waals surface area contributed by atoms with Crippen LogP contribution in [0.25, 0.3) is 0 Å². The fraction of sp³-hybridized carbons (Fsp3) is 0.667. The number of nitrogens with zero attached hydrogens (tertiary/aromatic N) is 1. The second-order valence-electron chi connectivity index (χ2n) is 5.86. The van der Waals surface area contributed by atoms with E-state index in [2.05, 4.69) is 15.0 Å². The van der Waals surface area contributed by atoms with Gasteiger partial charge in [-0.2, -0.15) is 22.0 Å². The average molecular weight is 374 g/mol. The van der Waals surface area contributed by atoms with Crippen molar-refractivity contribution >= 4 is 0 Å². The molecule has 0 amide bonds. The van der Waals surface area contributed by atoms with Crippen LogP contribution in [0.1, 0.15) is 37.1 Å². The molecule has 1 aromatic heterocycles. The molecule has 0 aromatic carbocycles. The normalized spacial score (nSPS) is 22.4. The molecule has 0 radical (unpaired) electrons. The van der Waals surface area contributed by atoms with Gasteiger partial charge in [-0.25, -0.2) is 13.8 Å². The Morgan fingerprint density at radius 2 is 1.88 bits per heavy atom. The molecule has 2 unspecified atom stereocenters. The highest BCUT2D eigenvalue weighted by Crippen LogP contribution is 2.31. The van der Waals surface area contributed by atoms with Crippen molar-refractivity contribution in [2.45, 2.75) is 63.1 Å². The number of nitrogens with one attached hydrogen (secondary N) is 1. The van der Waals surface area contributed by atoms with E-state index in [1.54, 1.807) is 0 Å². The highest BCUT2D eigenvalue weighted by molar-refractivity contribution is 5.13. The van der Waals surface area contributed by atoms with Crippen molar-refractivity contribution in [3.63, 3.8) is 0 Å². The Bertz CT molecular complexity index is 565. The second kappa shape index (κ2) is 7.86. The Labute approximate surface area is 139 Å². The van der Waals surface area contributed by atoms with Crippen molar-refractivity contribution < 1.29 is 35.5 Å². The Morgan fingerprint density at radius 3 is 2.52 bits per heavy atom. The minimum Gasteiger partial charge on any atom is -0.313 e. The van der Waals surface area contributed by atoms with Crippen molar-refractivity contribution in [1.82, 2.24) is 10.3 Å². The minimum absolute atomic E-state index is 0.00649. The van der Waals surface area contributed by atoms with Gasteiger partial charge in [0.1, 0.15) is 5.69 Å². The van der Waals surface area contributed by atoms with Gasteiger partial charge in [-0.15, -0.1) is 0 Å². The molecule has 0 bridgehead atoms. The lowest BCUT2D eigenvalue weighted by molar-refractivity contribution is -0.321. The summed E-state index contributed by atoms with van der Waals surface area (Å²) in [5.74, 6) is 0. The summed E-state index contributed by atoms with van der Waals surface area (Å²) in [6, 6.07) is 3.15. The van der Waals surface area contributed by atoms with Crippen LogP contribution in [0.3, 0.4) is 0 Å². The van der Waals surface area contributed by atoms with Crippen LogP contribution < -0.4 is 5.32 Å². The topological polar surface area (TPSA) is 34.1 Å². The Balaban J connectivity index is 1.89. The molecular weight excluding hydrogens is 357 g/mol. The number of rotatable bonds is 6. The van der Waals surface area contributed by atoms with E-state index in [9.17, 15) is 30.7 Å². The summed E-state index contributed by atoms with van der Waals surface area (Å²) < 4.78 is 92.3. The van der Waals surface area contributed by atoms with Crippen LogP contribution in [0.15, 0.2) is 18.2 Å². The van der Waals surface area contributed by atoms with E-state index in [-0.39, 0.29) is 31.1 Å². The van der Waals surface area contributed by atoms with E-state index in [1.165, 1.54) is 12.1 Å². The van der Waals surface area contributed by atoms with Crippen LogP contribution >= 0.6 is 0 Å². The second-order valence-corrected chi connectivity index (χ2v) is 5.86. The molecule has 2 rings (SSSR count). The summed E-state index contributed by atoms with van der Waals surface area (Å²) in [6.45, 7) is 0.00649. The molecule has 0 spiro atoms. The van der Waals surface area contributed by atoms with Crippen molar-refractivity contribution in [2.24, 2.45) is 0 Å². The summed E-state index contributed by atoms with van der Waals surface area (Å²) in [4.78, 5) is 3.49. The zero-order chi connectivity index (χ0) is 18.7. The van der Waals surface area contributed by atoms with Gasteiger partial charge in [-0.1, -0.05) is 6.07 Å². The van der Waals surface area contributed by atoms with Gasteiger partial charge in [0.05, 0.1) is 11.8 Å². The molecule has 0 aliphatic heterocycles. The van der Waals surface area contributed by atoms with Crippen LogP contribution in [-0.4, -0.2) is 29.7 Å². The van der Waals surface area contributed by atoms with Crippen LogP contribution in [0, 0.1) is 0 Å². The number of ether oxygens (including phenoxy) is 1. The molecule has 1 N–H and O–H groups in total. The SMILES string of the molecule is FC(F)C(F)(F)OC1CCCC(NCc2cccc(C(F)(F)F)n2)C1. The number of alkyl halides is 7. The minimum atomic E-state index is -4.55. The zero-order valence-corrected chi connectivity index (χ0v) is 13.0. The largest absolute Gasteiger partial charge is 0.433 e. The monoisotopic (exact) mass is 374 g/mol. The third-order valence-electron chi connectivity index (χ3n) is 3.87. The summed E-state index contributed by atoms with van der Waals surface area (Å²) in [6.07, 6.45) is -12.6. The highest BCUT2D eigenvalue weighted by atomic mass is 19.4. The highest BCUT2D eigenvalue weighted by Gasteiger charge is 2.45. The number of hydrogen-bond acceptors (Lipinski definition) is 3. The molecular formula is C15H17F7N2O. The maximum absolute atomic E-state index is 13.0. The molecule has 1 aliphatic rings. The van der Waals surface area contributed by atoms with Crippen LogP contribution in [-0.2, 0) is 17.5 Å². The van der Waals surface area contributed by atoms with E-state index >= 15 is 0 Å². The quantitative estimate of drug-likeness (QED) is 0.751. The van der Waals surface area contributed by atoms with E-state index in [0.717, 1.165) is 6.07 Å². The Kier molecular flexibility index (Phi) is 6.26.